The van der Waals surface area contributed by atoms with Crippen LogP contribution >= 0.6 is 0 Å². The predicted molar refractivity (Wildman–Crippen MR) is 63.9 cm³/mol. The van der Waals surface area contributed by atoms with Crippen LogP contribution in [0.2, 0.25) is 0 Å². The zero-order valence-corrected chi connectivity index (χ0v) is 10.5. The minimum Gasteiger partial charge on any atom is -0.460 e. The Hall–Kier alpha value is -1.39. The second-order valence-electron chi connectivity index (χ2n) is 5.33. The van der Waals surface area contributed by atoms with Gasteiger partial charge in [-0.15, -0.1) is 0 Å². The van der Waals surface area contributed by atoms with Crippen molar-refractivity contribution in [1.82, 2.24) is 0 Å². The number of rotatable bonds is 2. The van der Waals surface area contributed by atoms with Crippen LogP contribution in [0.25, 0.3) is 0 Å². The number of cyclic esters (lactones) is 1. The molecule has 96 valence electrons. The minimum atomic E-state index is -0.737. The van der Waals surface area contributed by atoms with E-state index in [1.54, 1.807) is 0 Å². The first kappa shape index (κ1) is 11.7. The molecule has 0 spiro atoms. The van der Waals surface area contributed by atoms with Crippen molar-refractivity contribution in [3.63, 3.8) is 0 Å². The molecule has 2 atom stereocenters. The lowest BCUT2D eigenvalue weighted by Gasteiger charge is -2.25. The van der Waals surface area contributed by atoms with Gasteiger partial charge in [-0.05, 0) is 19.4 Å². The van der Waals surface area contributed by atoms with Gasteiger partial charge < -0.3 is 14.2 Å². The molecule has 2 aliphatic rings. The maximum Gasteiger partial charge on any atom is 0.338 e. The average molecular weight is 248 g/mol. The smallest absolute Gasteiger partial charge is 0.338 e. The van der Waals surface area contributed by atoms with Crippen molar-refractivity contribution >= 4 is 5.97 Å². The highest BCUT2D eigenvalue weighted by Crippen LogP contribution is 2.42. The van der Waals surface area contributed by atoms with Gasteiger partial charge in [-0.3, -0.25) is 0 Å². The average Bonchev–Trinajstić information content (AvgIpc) is 2.73. The topological polar surface area (TPSA) is 44.8 Å². The summed E-state index contributed by atoms with van der Waals surface area (Å²) in [5.41, 5.74) is 0.434. The third kappa shape index (κ3) is 1.82. The van der Waals surface area contributed by atoms with E-state index in [1.165, 1.54) is 0 Å². The summed E-state index contributed by atoms with van der Waals surface area (Å²) >= 11 is 0. The van der Waals surface area contributed by atoms with Crippen LogP contribution in [0.3, 0.4) is 0 Å². The molecule has 0 N–H and O–H groups in total. The molecular formula is C14H16O4. The van der Waals surface area contributed by atoms with Crippen molar-refractivity contribution in [2.24, 2.45) is 0 Å². The van der Waals surface area contributed by atoms with Gasteiger partial charge in [-0.1, -0.05) is 30.3 Å². The summed E-state index contributed by atoms with van der Waals surface area (Å²) in [6.45, 7) is 3.91. The summed E-state index contributed by atoms with van der Waals surface area (Å²) in [6, 6.07) is 9.94. The summed E-state index contributed by atoms with van der Waals surface area (Å²) in [6.07, 6.45) is 0.000862. The normalized spacial score (nSPS) is 33.2. The molecule has 2 fully saturated rings. The number of benzene rings is 1. The number of carbonyl (C=O) groups excluding carboxylic acids is 1. The van der Waals surface area contributed by atoms with Crippen LogP contribution in [0.4, 0.5) is 0 Å². The standard InChI is InChI=1S/C14H16O4/c1-13(2)17-11-12(15)16-9-14(11,18-13)8-10-6-4-3-5-7-10/h3-7,11H,8-9H2,1-2H3/t11-,14+/m1/s1. The van der Waals surface area contributed by atoms with Crippen molar-refractivity contribution in [3.8, 4) is 0 Å². The molecule has 0 amide bonds. The maximum absolute atomic E-state index is 11.7. The van der Waals surface area contributed by atoms with Gasteiger partial charge >= 0.3 is 5.97 Å². The van der Waals surface area contributed by atoms with Crippen molar-refractivity contribution in [2.75, 3.05) is 6.61 Å². The van der Waals surface area contributed by atoms with Crippen molar-refractivity contribution in [2.45, 2.75) is 37.8 Å². The van der Waals surface area contributed by atoms with Crippen LogP contribution in [0, 0.1) is 0 Å². The molecule has 2 aliphatic heterocycles. The second-order valence-corrected chi connectivity index (χ2v) is 5.33. The lowest BCUT2D eigenvalue weighted by atomic mass is 9.91. The Balaban J connectivity index is 1.90. The van der Waals surface area contributed by atoms with Gasteiger partial charge in [0.1, 0.15) is 12.2 Å². The van der Waals surface area contributed by atoms with Crippen LogP contribution in [0.1, 0.15) is 19.4 Å². The Morgan fingerprint density at radius 2 is 2.00 bits per heavy atom. The molecule has 2 saturated heterocycles. The monoisotopic (exact) mass is 248 g/mol. The third-order valence-electron chi connectivity index (χ3n) is 3.35. The van der Waals surface area contributed by atoms with Gasteiger partial charge in [-0.25, -0.2) is 4.79 Å². The maximum atomic E-state index is 11.7. The summed E-state index contributed by atoms with van der Waals surface area (Å²) in [5, 5.41) is 0. The van der Waals surface area contributed by atoms with Gasteiger partial charge in [0.15, 0.2) is 11.9 Å². The number of fused-ring (bicyclic) bond motifs is 1. The Labute approximate surface area is 106 Å². The lowest BCUT2D eigenvalue weighted by Crippen LogP contribution is -2.42. The number of esters is 1. The molecule has 4 nitrogen and oxygen atoms in total. The first-order valence-electron chi connectivity index (χ1n) is 6.09. The number of ether oxygens (including phenoxy) is 3. The highest BCUT2D eigenvalue weighted by atomic mass is 16.8. The molecule has 0 bridgehead atoms. The molecule has 18 heavy (non-hydrogen) atoms. The Morgan fingerprint density at radius 3 is 2.72 bits per heavy atom. The number of hydrogen-bond acceptors (Lipinski definition) is 4. The largest absolute Gasteiger partial charge is 0.460 e. The molecule has 0 aromatic heterocycles. The molecular weight excluding hydrogens is 232 g/mol. The lowest BCUT2D eigenvalue weighted by molar-refractivity contribution is -0.189. The molecule has 4 heteroatoms. The van der Waals surface area contributed by atoms with Crippen LogP contribution in [-0.2, 0) is 25.4 Å². The van der Waals surface area contributed by atoms with Crippen molar-refractivity contribution < 1.29 is 19.0 Å². The zero-order chi connectivity index (χ0) is 12.8. The first-order chi connectivity index (χ1) is 8.51. The van der Waals surface area contributed by atoms with Gasteiger partial charge in [0.2, 0.25) is 0 Å². The fraction of sp³-hybridized carbons (Fsp3) is 0.500. The summed E-state index contributed by atoms with van der Waals surface area (Å²) in [4.78, 5) is 11.7. The number of hydrogen-bond donors (Lipinski definition) is 0. The minimum absolute atomic E-state index is 0.259. The Kier molecular flexibility index (Phi) is 2.47. The Bertz CT molecular complexity index is 468. The molecule has 0 radical (unpaired) electrons. The van der Waals surface area contributed by atoms with Gasteiger partial charge in [0, 0.05) is 6.42 Å². The molecule has 0 unspecified atom stereocenters. The van der Waals surface area contributed by atoms with E-state index in [1.807, 2.05) is 44.2 Å². The van der Waals surface area contributed by atoms with Crippen LogP contribution in [0.15, 0.2) is 30.3 Å². The Morgan fingerprint density at radius 1 is 1.28 bits per heavy atom. The summed E-state index contributed by atoms with van der Waals surface area (Å²) in [7, 11) is 0. The van der Waals surface area contributed by atoms with E-state index >= 15 is 0 Å². The van der Waals surface area contributed by atoms with Crippen LogP contribution in [-0.4, -0.2) is 30.1 Å². The summed E-state index contributed by atoms with van der Waals surface area (Å²) < 4.78 is 16.7. The highest BCUT2D eigenvalue weighted by molar-refractivity contribution is 5.79. The van der Waals surface area contributed by atoms with E-state index in [0.717, 1.165) is 5.56 Å². The van der Waals surface area contributed by atoms with Gasteiger partial charge in [0.05, 0.1) is 0 Å². The summed E-state index contributed by atoms with van der Waals surface area (Å²) in [5.74, 6) is -1.06. The van der Waals surface area contributed by atoms with Gasteiger partial charge in [-0.2, -0.15) is 0 Å². The van der Waals surface area contributed by atoms with E-state index < -0.39 is 17.5 Å². The van der Waals surface area contributed by atoms with E-state index in [9.17, 15) is 4.79 Å². The predicted octanol–water partition coefficient (Wildman–Crippen LogP) is 1.68. The fourth-order valence-electron chi connectivity index (χ4n) is 2.72. The molecule has 3 rings (SSSR count). The van der Waals surface area contributed by atoms with E-state index in [-0.39, 0.29) is 12.6 Å². The molecule has 1 aromatic carbocycles. The van der Waals surface area contributed by atoms with Gasteiger partial charge in [0.25, 0.3) is 0 Å². The van der Waals surface area contributed by atoms with E-state index in [4.69, 9.17) is 14.2 Å². The van der Waals surface area contributed by atoms with Crippen molar-refractivity contribution in [3.05, 3.63) is 35.9 Å². The van der Waals surface area contributed by atoms with E-state index in [0.29, 0.717) is 6.42 Å². The quantitative estimate of drug-likeness (QED) is 0.747. The molecule has 0 aliphatic carbocycles. The SMILES string of the molecule is CC1(C)O[C@@H]2C(=O)OC[C@]2(Cc2ccccc2)O1. The van der Waals surface area contributed by atoms with Crippen LogP contribution < -0.4 is 0 Å². The first-order valence-corrected chi connectivity index (χ1v) is 6.09. The van der Waals surface area contributed by atoms with Crippen molar-refractivity contribution in [1.29, 1.82) is 0 Å². The third-order valence-corrected chi connectivity index (χ3v) is 3.35. The zero-order valence-electron chi connectivity index (χ0n) is 10.5. The fourth-order valence-corrected chi connectivity index (χ4v) is 2.72. The molecule has 2 heterocycles. The highest BCUT2D eigenvalue weighted by Gasteiger charge is 2.61. The number of carbonyl (C=O) groups is 1. The molecule has 0 saturated carbocycles. The van der Waals surface area contributed by atoms with Crippen LogP contribution in [0.5, 0.6) is 0 Å². The van der Waals surface area contributed by atoms with E-state index in [2.05, 4.69) is 0 Å². The second kappa shape index (κ2) is 3.80. The molecule has 1 aromatic rings.